The van der Waals surface area contributed by atoms with E-state index in [0.717, 1.165) is 116 Å². The van der Waals surface area contributed by atoms with Gasteiger partial charge >= 0.3 is 17.9 Å². The van der Waals surface area contributed by atoms with E-state index in [2.05, 4.69) is 154 Å². The van der Waals surface area contributed by atoms with E-state index in [1.165, 1.54) is 128 Å². The van der Waals surface area contributed by atoms with Crippen LogP contribution in [0, 0.1) is 0 Å². The number of allylic oxidation sites excluding steroid dienone is 22. The van der Waals surface area contributed by atoms with Crippen LogP contribution in [0.4, 0.5) is 0 Å². The highest BCUT2D eigenvalue weighted by Gasteiger charge is 2.19. The number of hydrogen-bond donors (Lipinski definition) is 0. The van der Waals surface area contributed by atoms with Crippen LogP contribution in [-0.2, 0) is 28.6 Å². The van der Waals surface area contributed by atoms with Gasteiger partial charge < -0.3 is 14.2 Å². The van der Waals surface area contributed by atoms with E-state index in [1.54, 1.807) is 0 Å². The fourth-order valence-corrected chi connectivity index (χ4v) is 8.79. The molecular weight excluding hydrogens is 973 g/mol. The molecule has 0 radical (unpaired) electrons. The van der Waals surface area contributed by atoms with Gasteiger partial charge in [0.1, 0.15) is 13.2 Å². The van der Waals surface area contributed by atoms with Crippen molar-refractivity contribution in [1.29, 1.82) is 0 Å². The zero-order valence-electron chi connectivity index (χ0n) is 51.3. The Kier molecular flexibility index (Phi) is 62.3. The van der Waals surface area contributed by atoms with Crippen molar-refractivity contribution in [3.8, 4) is 0 Å². The first kappa shape index (κ1) is 74.5. The maximum absolute atomic E-state index is 12.9. The third-order valence-corrected chi connectivity index (χ3v) is 13.6. The number of unbranched alkanes of at least 4 members (excludes halogenated alkanes) is 25. The average molecular weight is 1090 g/mol. The topological polar surface area (TPSA) is 78.9 Å². The molecule has 0 aliphatic heterocycles. The molecule has 0 fully saturated rings. The van der Waals surface area contributed by atoms with Crippen LogP contribution in [0.15, 0.2) is 134 Å². The first-order valence-corrected chi connectivity index (χ1v) is 32.7. The smallest absolute Gasteiger partial charge is 0.306 e. The summed E-state index contributed by atoms with van der Waals surface area (Å²) in [4.78, 5) is 38.4. The van der Waals surface area contributed by atoms with Gasteiger partial charge in [-0.2, -0.15) is 0 Å². The van der Waals surface area contributed by atoms with Crippen LogP contribution < -0.4 is 0 Å². The van der Waals surface area contributed by atoms with Crippen LogP contribution in [0.25, 0.3) is 0 Å². The number of ether oxygens (including phenoxy) is 3. The van der Waals surface area contributed by atoms with E-state index in [4.69, 9.17) is 14.2 Å². The largest absolute Gasteiger partial charge is 0.462 e. The molecule has 0 saturated carbocycles. The van der Waals surface area contributed by atoms with Crippen molar-refractivity contribution in [3.05, 3.63) is 134 Å². The average Bonchev–Trinajstić information content (AvgIpc) is 3.45. The molecule has 0 aromatic heterocycles. The molecule has 0 spiro atoms. The zero-order valence-corrected chi connectivity index (χ0v) is 51.3. The van der Waals surface area contributed by atoms with E-state index in [1.807, 2.05) is 0 Å². The van der Waals surface area contributed by atoms with Crippen LogP contribution in [0.1, 0.15) is 290 Å². The predicted octanol–water partition coefficient (Wildman–Crippen LogP) is 22.5. The zero-order chi connectivity index (χ0) is 57.1. The number of esters is 3. The second kappa shape index (κ2) is 66.1. The lowest BCUT2D eigenvalue weighted by Crippen LogP contribution is -2.30. The fraction of sp³-hybridized carbons (Fsp3) is 0.658. The molecule has 1 atom stereocenters. The number of carbonyl (C=O) groups excluding carboxylic acids is 3. The third kappa shape index (κ3) is 64.3. The molecule has 448 valence electrons. The van der Waals surface area contributed by atoms with E-state index in [-0.39, 0.29) is 37.5 Å². The Morgan fingerprint density at radius 1 is 0.266 bits per heavy atom. The van der Waals surface area contributed by atoms with Crippen LogP contribution in [0.2, 0.25) is 0 Å². The van der Waals surface area contributed by atoms with E-state index in [9.17, 15) is 14.4 Å². The Morgan fingerprint density at radius 3 is 0.835 bits per heavy atom. The summed E-state index contributed by atoms with van der Waals surface area (Å²) in [5, 5.41) is 0. The van der Waals surface area contributed by atoms with Crippen LogP contribution >= 0.6 is 0 Å². The highest BCUT2D eigenvalue weighted by atomic mass is 16.6. The maximum atomic E-state index is 12.9. The summed E-state index contributed by atoms with van der Waals surface area (Å²) in [5.41, 5.74) is 0. The van der Waals surface area contributed by atoms with Crippen molar-refractivity contribution in [3.63, 3.8) is 0 Å². The van der Waals surface area contributed by atoms with Crippen molar-refractivity contribution in [2.24, 2.45) is 0 Å². The molecule has 6 heteroatoms. The van der Waals surface area contributed by atoms with Gasteiger partial charge in [-0.3, -0.25) is 14.4 Å². The summed E-state index contributed by atoms with van der Waals surface area (Å²) in [6.45, 7) is 6.37. The lowest BCUT2D eigenvalue weighted by Gasteiger charge is -2.18. The lowest BCUT2D eigenvalue weighted by molar-refractivity contribution is -0.167. The monoisotopic (exact) mass is 1090 g/mol. The summed E-state index contributed by atoms with van der Waals surface area (Å²) in [5.74, 6) is -0.974. The molecule has 79 heavy (non-hydrogen) atoms. The molecule has 0 bridgehead atoms. The van der Waals surface area contributed by atoms with Gasteiger partial charge in [0.2, 0.25) is 0 Å². The lowest BCUT2D eigenvalue weighted by atomic mass is 10.1. The second-order valence-electron chi connectivity index (χ2n) is 21.3. The summed E-state index contributed by atoms with van der Waals surface area (Å²) < 4.78 is 16.9. The minimum absolute atomic E-state index is 0.106. The third-order valence-electron chi connectivity index (χ3n) is 13.6. The van der Waals surface area contributed by atoms with Crippen LogP contribution in [0.3, 0.4) is 0 Å². The Balaban J connectivity index is 4.48. The molecule has 0 rings (SSSR count). The highest BCUT2D eigenvalue weighted by molar-refractivity contribution is 5.71. The molecule has 0 saturated heterocycles. The van der Waals surface area contributed by atoms with Gasteiger partial charge in [-0.05, 0) is 128 Å². The van der Waals surface area contributed by atoms with Crippen LogP contribution in [0.5, 0.6) is 0 Å². The minimum atomic E-state index is -0.814. The summed E-state index contributed by atoms with van der Waals surface area (Å²) in [6.07, 6.45) is 93.2. The van der Waals surface area contributed by atoms with E-state index in [0.29, 0.717) is 19.3 Å². The van der Waals surface area contributed by atoms with Crippen LogP contribution in [-0.4, -0.2) is 37.2 Å². The first-order valence-electron chi connectivity index (χ1n) is 32.7. The SMILES string of the molecule is CC/C=C\C/C=C\C/C=C\C/C=C\C/C=C\CCCCCCCCCC(=O)OCC(COC(=O)CCC/C=C\C/C=C\C/C=C\C/C=C\C/C=C\CC)OC(=O)CCCCCCCCCCC/C=C\CCCCCCCCCC. The fourth-order valence-electron chi connectivity index (χ4n) is 8.79. The summed E-state index contributed by atoms with van der Waals surface area (Å²) in [7, 11) is 0. The van der Waals surface area contributed by atoms with Crippen molar-refractivity contribution in [2.75, 3.05) is 13.2 Å². The molecule has 0 N–H and O–H groups in total. The summed E-state index contributed by atoms with van der Waals surface area (Å²) in [6, 6.07) is 0. The molecule has 1 unspecified atom stereocenters. The van der Waals surface area contributed by atoms with Gasteiger partial charge in [-0.15, -0.1) is 0 Å². The van der Waals surface area contributed by atoms with Crippen molar-refractivity contribution in [2.45, 2.75) is 297 Å². The molecule has 0 aliphatic carbocycles. The molecule has 0 aliphatic rings. The number of carbonyl (C=O) groups is 3. The molecule has 0 heterocycles. The molecule has 0 amide bonds. The summed E-state index contributed by atoms with van der Waals surface area (Å²) >= 11 is 0. The van der Waals surface area contributed by atoms with Gasteiger partial charge in [-0.1, -0.05) is 276 Å². The minimum Gasteiger partial charge on any atom is -0.462 e. The Labute approximate surface area is 487 Å². The number of rotatable bonds is 58. The first-order chi connectivity index (χ1) is 39.0. The van der Waals surface area contributed by atoms with Gasteiger partial charge in [0, 0.05) is 19.3 Å². The van der Waals surface area contributed by atoms with Gasteiger partial charge in [0.25, 0.3) is 0 Å². The standard InChI is InChI=1S/C73H120O6/c1-4-7-10-13-16-19-22-25-28-31-33-35-36-38-39-42-45-48-51-54-57-60-63-66-72(75)78-69-70(68-77-71(74)65-62-59-56-53-50-47-44-41-30-27-24-21-18-15-12-9-6-3)79-73(76)67-64-61-58-55-52-49-46-43-40-37-34-32-29-26-23-20-17-14-11-8-5-2/h7,9-10,12,16,18-19,21,25,27-28,30,32-35,38-39,44,47,53,56,70H,4-6,8,11,13-15,17,20,22-24,26,29,31,36-37,40-43,45-46,48-52,54-55,57-69H2,1-3H3/b10-7-,12-9-,19-16-,21-18-,28-25-,30-27-,34-32-,35-33-,39-38-,47-44-,56-53-. The molecule has 0 aromatic carbocycles. The van der Waals surface area contributed by atoms with Crippen molar-refractivity contribution < 1.29 is 28.6 Å². The van der Waals surface area contributed by atoms with Gasteiger partial charge in [0.15, 0.2) is 6.10 Å². The Morgan fingerprint density at radius 2 is 0.506 bits per heavy atom. The van der Waals surface area contributed by atoms with Gasteiger partial charge in [0.05, 0.1) is 0 Å². The maximum Gasteiger partial charge on any atom is 0.306 e. The van der Waals surface area contributed by atoms with E-state index < -0.39 is 6.10 Å². The van der Waals surface area contributed by atoms with Crippen molar-refractivity contribution in [1.82, 2.24) is 0 Å². The predicted molar refractivity (Wildman–Crippen MR) is 343 cm³/mol. The highest BCUT2D eigenvalue weighted by Crippen LogP contribution is 2.15. The Bertz CT molecular complexity index is 1680. The molecule has 6 nitrogen and oxygen atoms in total. The molecule has 0 aromatic rings. The second-order valence-corrected chi connectivity index (χ2v) is 21.3. The Hall–Kier alpha value is -4.45. The quantitative estimate of drug-likeness (QED) is 0.0261. The van der Waals surface area contributed by atoms with Gasteiger partial charge in [-0.25, -0.2) is 0 Å². The van der Waals surface area contributed by atoms with Crippen molar-refractivity contribution >= 4 is 17.9 Å². The normalized spacial score (nSPS) is 13.0. The van der Waals surface area contributed by atoms with E-state index >= 15 is 0 Å². The number of hydrogen-bond acceptors (Lipinski definition) is 6. The molecular formula is C73H120O6.